The van der Waals surface area contributed by atoms with Gasteiger partial charge in [-0.25, -0.2) is 4.98 Å². The molecule has 0 bridgehead atoms. The van der Waals surface area contributed by atoms with Gasteiger partial charge in [0.15, 0.2) is 6.39 Å². The number of nitrogens with zero attached hydrogens (tertiary/aromatic N) is 1. The predicted molar refractivity (Wildman–Crippen MR) is 40.8 cm³/mol. The Bertz CT molecular complexity index is 328. The summed E-state index contributed by atoms with van der Waals surface area (Å²) >= 11 is 0. The molecule has 0 aliphatic rings. The summed E-state index contributed by atoms with van der Waals surface area (Å²) in [4.78, 5) is 3.74. The molecule has 0 N–H and O–H groups in total. The quantitative estimate of drug-likeness (QED) is 0.658. The van der Waals surface area contributed by atoms with Crippen LogP contribution >= 0.6 is 0 Å². The number of rotatable bonds is 3. The minimum Gasteiger partial charge on any atom is -0.451 e. The molecule has 6 heteroatoms. The largest absolute Gasteiger partial charge is 0.451 e. The van der Waals surface area contributed by atoms with Gasteiger partial charge in [-0.15, -0.1) is 0 Å². The molecule has 1 rings (SSSR count). The molecule has 0 saturated carbocycles. The zero-order valence-corrected chi connectivity index (χ0v) is 7.54. The summed E-state index contributed by atoms with van der Waals surface area (Å²) in [6.45, 7) is 1.58. The summed E-state index contributed by atoms with van der Waals surface area (Å²) in [6, 6.07) is 0. The molecule has 12 heavy (non-hydrogen) atoms. The van der Waals surface area contributed by atoms with E-state index in [0.717, 1.165) is 6.26 Å². The van der Waals surface area contributed by atoms with E-state index in [-0.39, 0.29) is 0 Å². The lowest BCUT2D eigenvalue weighted by Gasteiger charge is -2.05. The molecule has 5 nitrogen and oxygen atoms in total. The minimum atomic E-state index is -3.43. The zero-order chi connectivity index (χ0) is 9.19. The van der Waals surface area contributed by atoms with Gasteiger partial charge < -0.3 is 4.42 Å². The fourth-order valence-corrected chi connectivity index (χ4v) is 1.36. The van der Waals surface area contributed by atoms with E-state index in [0.29, 0.717) is 5.69 Å². The molecule has 1 atom stereocenters. The molecule has 1 unspecified atom stereocenters. The van der Waals surface area contributed by atoms with Crippen LogP contribution in [0.4, 0.5) is 0 Å². The highest BCUT2D eigenvalue weighted by Crippen LogP contribution is 2.15. The fourth-order valence-electron chi connectivity index (χ4n) is 0.734. The summed E-state index contributed by atoms with van der Waals surface area (Å²) in [5, 5.41) is 0. The summed E-state index contributed by atoms with van der Waals surface area (Å²) in [7, 11) is -3.43. The van der Waals surface area contributed by atoms with Crippen molar-refractivity contribution in [3.8, 4) is 0 Å². The van der Waals surface area contributed by atoms with Gasteiger partial charge in [0.1, 0.15) is 18.1 Å². The van der Waals surface area contributed by atoms with E-state index in [4.69, 9.17) is 0 Å². The van der Waals surface area contributed by atoms with Gasteiger partial charge in [0, 0.05) is 0 Å². The first kappa shape index (κ1) is 9.21. The normalized spacial score (nSPS) is 14.5. The van der Waals surface area contributed by atoms with E-state index in [1.165, 1.54) is 12.7 Å². The number of hydrogen-bond donors (Lipinski definition) is 0. The van der Waals surface area contributed by atoms with E-state index in [1.54, 1.807) is 6.92 Å². The van der Waals surface area contributed by atoms with Crippen LogP contribution in [0.25, 0.3) is 0 Å². The second-order valence-corrected chi connectivity index (χ2v) is 3.96. The van der Waals surface area contributed by atoms with Crippen LogP contribution in [0.1, 0.15) is 18.7 Å². The standard InChI is InChI=1S/C6H9NO4S/c1-5(11-12(2,8)9)6-3-10-4-7-6/h3-5H,1-2H3. The molecule has 1 aromatic heterocycles. The van der Waals surface area contributed by atoms with Crippen LogP contribution in [0.3, 0.4) is 0 Å². The summed E-state index contributed by atoms with van der Waals surface area (Å²) in [6.07, 6.45) is 2.95. The third-order valence-electron chi connectivity index (χ3n) is 1.19. The minimum absolute atomic E-state index is 0.459. The molecule has 1 aromatic rings. The Morgan fingerprint density at radius 1 is 1.67 bits per heavy atom. The highest BCUT2D eigenvalue weighted by molar-refractivity contribution is 7.86. The van der Waals surface area contributed by atoms with Gasteiger partial charge in [-0.05, 0) is 6.92 Å². The van der Waals surface area contributed by atoms with Gasteiger partial charge >= 0.3 is 0 Å². The van der Waals surface area contributed by atoms with Crippen LogP contribution in [-0.4, -0.2) is 19.7 Å². The molecule has 0 radical (unpaired) electrons. The molecule has 0 amide bonds. The fraction of sp³-hybridized carbons (Fsp3) is 0.500. The Hall–Kier alpha value is -0.880. The second kappa shape index (κ2) is 3.24. The lowest BCUT2D eigenvalue weighted by atomic mass is 10.3. The van der Waals surface area contributed by atoms with E-state index in [2.05, 4.69) is 13.6 Å². The van der Waals surface area contributed by atoms with Crippen molar-refractivity contribution in [1.29, 1.82) is 0 Å². The van der Waals surface area contributed by atoms with Crippen molar-refractivity contribution < 1.29 is 17.0 Å². The molecule has 0 saturated heterocycles. The van der Waals surface area contributed by atoms with Gasteiger partial charge in [-0.1, -0.05) is 0 Å². The van der Waals surface area contributed by atoms with Crippen LogP contribution in [0.2, 0.25) is 0 Å². The van der Waals surface area contributed by atoms with Crippen molar-refractivity contribution >= 4 is 10.1 Å². The highest BCUT2D eigenvalue weighted by atomic mass is 32.2. The SMILES string of the molecule is CC(OS(C)(=O)=O)c1cocn1. The van der Waals surface area contributed by atoms with Gasteiger partial charge in [0.05, 0.1) is 6.26 Å². The van der Waals surface area contributed by atoms with E-state index in [9.17, 15) is 8.42 Å². The van der Waals surface area contributed by atoms with Crippen LogP contribution < -0.4 is 0 Å². The first-order chi connectivity index (χ1) is 5.49. The monoisotopic (exact) mass is 191 g/mol. The Morgan fingerprint density at radius 2 is 2.33 bits per heavy atom. The van der Waals surface area contributed by atoms with Crippen LogP contribution in [-0.2, 0) is 14.3 Å². The average molecular weight is 191 g/mol. The Labute approximate surface area is 70.5 Å². The van der Waals surface area contributed by atoms with Gasteiger partial charge in [0.2, 0.25) is 0 Å². The Kier molecular flexibility index (Phi) is 2.49. The van der Waals surface area contributed by atoms with Crippen LogP contribution in [0.5, 0.6) is 0 Å². The van der Waals surface area contributed by atoms with Crippen molar-refractivity contribution in [3.63, 3.8) is 0 Å². The zero-order valence-electron chi connectivity index (χ0n) is 6.72. The maximum atomic E-state index is 10.7. The third kappa shape index (κ3) is 2.63. The van der Waals surface area contributed by atoms with Crippen molar-refractivity contribution in [3.05, 3.63) is 18.4 Å². The molecular weight excluding hydrogens is 182 g/mol. The Morgan fingerprint density at radius 3 is 2.75 bits per heavy atom. The average Bonchev–Trinajstić information content (AvgIpc) is 2.32. The van der Waals surface area contributed by atoms with Gasteiger partial charge in [0.25, 0.3) is 10.1 Å². The van der Waals surface area contributed by atoms with Crippen molar-refractivity contribution in [2.75, 3.05) is 6.26 Å². The van der Waals surface area contributed by atoms with E-state index in [1.807, 2.05) is 0 Å². The number of aromatic nitrogens is 1. The summed E-state index contributed by atoms with van der Waals surface area (Å²) in [5.74, 6) is 0. The molecule has 1 heterocycles. The van der Waals surface area contributed by atoms with Gasteiger partial charge in [-0.3, -0.25) is 4.18 Å². The number of hydrogen-bond acceptors (Lipinski definition) is 5. The topological polar surface area (TPSA) is 69.4 Å². The maximum absolute atomic E-state index is 10.7. The van der Waals surface area contributed by atoms with E-state index < -0.39 is 16.2 Å². The maximum Gasteiger partial charge on any atom is 0.265 e. The summed E-state index contributed by atoms with van der Waals surface area (Å²) < 4.78 is 30.6. The van der Waals surface area contributed by atoms with Crippen molar-refractivity contribution in [2.45, 2.75) is 13.0 Å². The molecule has 0 aliphatic carbocycles. The van der Waals surface area contributed by atoms with Gasteiger partial charge in [-0.2, -0.15) is 8.42 Å². The molecular formula is C6H9NO4S. The third-order valence-corrected chi connectivity index (χ3v) is 1.83. The van der Waals surface area contributed by atoms with Crippen LogP contribution in [0, 0.1) is 0 Å². The number of oxazole rings is 1. The first-order valence-electron chi connectivity index (χ1n) is 3.25. The smallest absolute Gasteiger partial charge is 0.265 e. The van der Waals surface area contributed by atoms with Crippen molar-refractivity contribution in [1.82, 2.24) is 4.98 Å². The predicted octanol–water partition coefficient (Wildman–Crippen LogP) is 0.712. The molecule has 68 valence electrons. The lowest BCUT2D eigenvalue weighted by Crippen LogP contribution is -2.07. The molecule has 0 spiro atoms. The lowest BCUT2D eigenvalue weighted by molar-refractivity contribution is 0.231. The Balaban J connectivity index is 2.68. The highest BCUT2D eigenvalue weighted by Gasteiger charge is 2.14. The summed E-state index contributed by atoms with van der Waals surface area (Å²) in [5.41, 5.74) is 0.459. The second-order valence-electron chi connectivity index (χ2n) is 2.36. The first-order valence-corrected chi connectivity index (χ1v) is 5.07. The van der Waals surface area contributed by atoms with Crippen molar-refractivity contribution in [2.24, 2.45) is 0 Å². The van der Waals surface area contributed by atoms with E-state index >= 15 is 0 Å². The molecule has 0 aliphatic heterocycles. The molecule has 0 aromatic carbocycles. The molecule has 0 fully saturated rings. The van der Waals surface area contributed by atoms with Crippen LogP contribution in [0.15, 0.2) is 17.1 Å².